The number of rotatable bonds is 6. The van der Waals surface area contributed by atoms with E-state index in [0.717, 1.165) is 28.7 Å². The Hall–Kier alpha value is -1.46. The summed E-state index contributed by atoms with van der Waals surface area (Å²) in [5.74, 6) is 0.562. The van der Waals surface area contributed by atoms with Crippen LogP contribution in [-0.4, -0.2) is 23.6 Å². The first kappa shape index (κ1) is 15.9. The molecule has 0 saturated heterocycles. The van der Waals surface area contributed by atoms with Gasteiger partial charge in [0.2, 0.25) is 5.88 Å². The molecule has 0 amide bonds. The predicted octanol–water partition coefficient (Wildman–Crippen LogP) is 3.65. The second-order valence-electron chi connectivity index (χ2n) is 4.85. The van der Waals surface area contributed by atoms with Crippen molar-refractivity contribution in [1.82, 2.24) is 15.3 Å². The van der Waals surface area contributed by atoms with Crippen LogP contribution in [0, 0.1) is 6.92 Å². The third-order valence-electron chi connectivity index (χ3n) is 3.27. The summed E-state index contributed by atoms with van der Waals surface area (Å²) in [5, 5.41) is 3.53. The molecule has 1 aromatic carbocycles. The largest absolute Gasteiger partial charge is 0.480 e. The van der Waals surface area contributed by atoms with Gasteiger partial charge in [0.25, 0.3) is 0 Å². The lowest BCUT2D eigenvalue weighted by Gasteiger charge is -2.20. The van der Waals surface area contributed by atoms with Crippen molar-refractivity contribution in [3.05, 3.63) is 51.9 Å². The summed E-state index contributed by atoms with van der Waals surface area (Å²) in [6.45, 7) is 5.13. The number of nitrogens with one attached hydrogen (secondary N) is 1. The number of methoxy groups -OCH3 is 1. The average Bonchev–Trinajstić information content (AvgIpc) is 2.51. The molecular formula is C16H20BrN3O. The molecule has 2 rings (SSSR count). The Morgan fingerprint density at radius 1 is 1.29 bits per heavy atom. The molecule has 21 heavy (non-hydrogen) atoms. The fourth-order valence-corrected chi connectivity index (χ4v) is 2.45. The van der Waals surface area contributed by atoms with Crippen LogP contribution in [0.25, 0.3) is 0 Å². The van der Waals surface area contributed by atoms with E-state index in [4.69, 9.17) is 4.74 Å². The first-order valence-corrected chi connectivity index (χ1v) is 7.81. The van der Waals surface area contributed by atoms with Crippen molar-refractivity contribution in [1.29, 1.82) is 0 Å². The van der Waals surface area contributed by atoms with Crippen LogP contribution in [0.4, 0.5) is 0 Å². The highest BCUT2D eigenvalue weighted by molar-refractivity contribution is 9.10. The molecular weight excluding hydrogens is 330 g/mol. The summed E-state index contributed by atoms with van der Waals surface area (Å²) >= 11 is 3.54. The fourth-order valence-electron chi connectivity index (χ4n) is 2.20. The number of benzene rings is 1. The van der Waals surface area contributed by atoms with Crippen molar-refractivity contribution in [3.63, 3.8) is 0 Å². The molecule has 5 heteroatoms. The van der Waals surface area contributed by atoms with E-state index in [1.165, 1.54) is 5.56 Å². The van der Waals surface area contributed by atoms with E-state index >= 15 is 0 Å². The molecule has 112 valence electrons. The Morgan fingerprint density at radius 2 is 2.05 bits per heavy atom. The summed E-state index contributed by atoms with van der Waals surface area (Å²) in [6, 6.07) is 6.29. The zero-order valence-corrected chi connectivity index (χ0v) is 14.1. The van der Waals surface area contributed by atoms with E-state index in [9.17, 15) is 0 Å². The minimum atomic E-state index is -0.0274. The number of hydrogen-bond acceptors (Lipinski definition) is 4. The maximum atomic E-state index is 5.36. The predicted molar refractivity (Wildman–Crippen MR) is 87.6 cm³/mol. The van der Waals surface area contributed by atoms with Gasteiger partial charge in [-0.25, -0.2) is 4.98 Å². The molecule has 0 aliphatic heterocycles. The molecule has 1 N–H and O–H groups in total. The van der Waals surface area contributed by atoms with E-state index in [1.807, 2.05) is 0 Å². The second kappa shape index (κ2) is 7.52. The van der Waals surface area contributed by atoms with E-state index in [0.29, 0.717) is 5.88 Å². The normalized spacial score (nSPS) is 12.2. The molecule has 0 spiro atoms. The lowest BCUT2D eigenvalue weighted by atomic mass is 10.0. The molecule has 0 radical (unpaired) electrons. The molecule has 1 unspecified atom stereocenters. The van der Waals surface area contributed by atoms with Gasteiger partial charge in [-0.15, -0.1) is 0 Å². The van der Waals surface area contributed by atoms with E-state index in [1.54, 1.807) is 19.5 Å². The Labute approximate surface area is 134 Å². The standard InChI is InChI=1S/C16H20BrN3O/c1-4-7-18-14(12-5-6-13(17)11(2)10-12)15-16(21-3)20-9-8-19-15/h5-6,8-10,14,18H,4,7H2,1-3H3. The minimum absolute atomic E-state index is 0.0274. The van der Waals surface area contributed by atoms with Gasteiger partial charge in [-0.3, -0.25) is 4.98 Å². The molecule has 1 aromatic heterocycles. The third kappa shape index (κ3) is 3.80. The van der Waals surface area contributed by atoms with Crippen molar-refractivity contribution < 1.29 is 4.74 Å². The lowest BCUT2D eigenvalue weighted by Crippen LogP contribution is -2.25. The highest BCUT2D eigenvalue weighted by Crippen LogP contribution is 2.28. The highest BCUT2D eigenvalue weighted by Gasteiger charge is 2.20. The van der Waals surface area contributed by atoms with Crippen molar-refractivity contribution in [3.8, 4) is 5.88 Å². The van der Waals surface area contributed by atoms with Gasteiger partial charge >= 0.3 is 0 Å². The molecule has 0 bridgehead atoms. The van der Waals surface area contributed by atoms with Crippen LogP contribution in [0.5, 0.6) is 5.88 Å². The molecule has 1 heterocycles. The van der Waals surface area contributed by atoms with Crippen LogP contribution in [0.3, 0.4) is 0 Å². The van der Waals surface area contributed by atoms with Crippen LogP contribution in [-0.2, 0) is 0 Å². The van der Waals surface area contributed by atoms with Gasteiger partial charge in [0.15, 0.2) is 0 Å². The quantitative estimate of drug-likeness (QED) is 0.864. The molecule has 0 aliphatic rings. The average molecular weight is 350 g/mol. The van der Waals surface area contributed by atoms with Crippen molar-refractivity contribution in [2.75, 3.05) is 13.7 Å². The van der Waals surface area contributed by atoms with Crippen LogP contribution in [0.1, 0.15) is 36.2 Å². The minimum Gasteiger partial charge on any atom is -0.480 e. The maximum absolute atomic E-state index is 5.36. The molecule has 2 aromatic rings. The number of ether oxygens (including phenoxy) is 1. The van der Waals surface area contributed by atoms with E-state index in [-0.39, 0.29) is 6.04 Å². The lowest BCUT2D eigenvalue weighted by molar-refractivity contribution is 0.382. The molecule has 0 saturated carbocycles. The maximum Gasteiger partial charge on any atom is 0.237 e. The first-order valence-electron chi connectivity index (χ1n) is 7.01. The zero-order valence-electron chi connectivity index (χ0n) is 12.6. The Balaban J connectivity index is 2.44. The summed E-state index contributed by atoms with van der Waals surface area (Å²) in [7, 11) is 1.62. The number of hydrogen-bond donors (Lipinski definition) is 1. The summed E-state index contributed by atoms with van der Waals surface area (Å²) in [5.41, 5.74) is 3.16. The van der Waals surface area contributed by atoms with Gasteiger partial charge in [-0.2, -0.15) is 0 Å². The zero-order chi connectivity index (χ0) is 15.2. The third-order valence-corrected chi connectivity index (χ3v) is 4.16. The van der Waals surface area contributed by atoms with E-state index < -0.39 is 0 Å². The SMILES string of the molecule is CCCNC(c1ccc(Br)c(C)c1)c1nccnc1OC. The smallest absolute Gasteiger partial charge is 0.237 e. The van der Waals surface area contributed by atoms with Crippen molar-refractivity contribution in [2.45, 2.75) is 26.3 Å². The molecule has 0 fully saturated rings. The molecule has 4 nitrogen and oxygen atoms in total. The van der Waals surface area contributed by atoms with Gasteiger partial charge < -0.3 is 10.1 Å². The van der Waals surface area contributed by atoms with Crippen molar-refractivity contribution in [2.24, 2.45) is 0 Å². The van der Waals surface area contributed by atoms with Gasteiger partial charge in [0.05, 0.1) is 13.2 Å². The number of nitrogens with zero attached hydrogens (tertiary/aromatic N) is 2. The van der Waals surface area contributed by atoms with Gasteiger partial charge in [0.1, 0.15) is 5.69 Å². The first-order chi connectivity index (χ1) is 10.2. The summed E-state index contributed by atoms with van der Waals surface area (Å²) < 4.78 is 6.46. The van der Waals surface area contributed by atoms with Gasteiger partial charge in [-0.1, -0.05) is 35.0 Å². The molecule has 0 aliphatic carbocycles. The van der Waals surface area contributed by atoms with Crippen molar-refractivity contribution >= 4 is 15.9 Å². The fraction of sp³-hybridized carbons (Fsp3) is 0.375. The second-order valence-corrected chi connectivity index (χ2v) is 5.70. The van der Waals surface area contributed by atoms with E-state index in [2.05, 4.69) is 63.3 Å². The number of halogens is 1. The Bertz CT molecular complexity index is 604. The van der Waals surface area contributed by atoms with Crippen LogP contribution < -0.4 is 10.1 Å². The molecule has 1 atom stereocenters. The summed E-state index contributed by atoms with van der Waals surface area (Å²) in [6.07, 6.45) is 4.39. The number of aryl methyl sites for hydroxylation is 1. The Morgan fingerprint density at radius 3 is 2.71 bits per heavy atom. The van der Waals surface area contributed by atoms with Gasteiger partial charge in [0, 0.05) is 16.9 Å². The van der Waals surface area contributed by atoms with Crippen LogP contribution >= 0.6 is 15.9 Å². The van der Waals surface area contributed by atoms with Crippen LogP contribution in [0.2, 0.25) is 0 Å². The van der Waals surface area contributed by atoms with Gasteiger partial charge in [-0.05, 0) is 37.1 Å². The Kier molecular flexibility index (Phi) is 5.70. The summed E-state index contributed by atoms with van der Waals surface area (Å²) in [4.78, 5) is 8.73. The number of aromatic nitrogens is 2. The highest BCUT2D eigenvalue weighted by atomic mass is 79.9. The topological polar surface area (TPSA) is 47.0 Å². The van der Waals surface area contributed by atoms with Crippen LogP contribution in [0.15, 0.2) is 35.1 Å². The monoisotopic (exact) mass is 349 g/mol.